The van der Waals surface area contributed by atoms with E-state index in [1.54, 1.807) is 0 Å². The van der Waals surface area contributed by atoms with Crippen molar-refractivity contribution in [2.24, 2.45) is 5.92 Å². The van der Waals surface area contributed by atoms with E-state index >= 15 is 0 Å². The number of esters is 1. The fourth-order valence-electron chi connectivity index (χ4n) is 2.96. The van der Waals surface area contributed by atoms with Gasteiger partial charge in [0, 0.05) is 12.4 Å². The molecule has 0 spiro atoms. The first-order chi connectivity index (χ1) is 13.4. The second-order valence-corrected chi connectivity index (χ2v) is 7.26. The summed E-state index contributed by atoms with van der Waals surface area (Å²) >= 11 is 0. The number of ether oxygens (including phenoxy) is 1. The lowest BCUT2D eigenvalue weighted by Gasteiger charge is -2.20. The maximum Gasteiger partial charge on any atom is 0.329 e. The number of rotatable bonds is 7. The van der Waals surface area contributed by atoms with Gasteiger partial charge >= 0.3 is 5.97 Å². The highest BCUT2D eigenvalue weighted by Crippen LogP contribution is 2.11. The van der Waals surface area contributed by atoms with Crippen molar-refractivity contribution in [3.63, 3.8) is 0 Å². The molecule has 3 rings (SSSR count). The summed E-state index contributed by atoms with van der Waals surface area (Å²) in [5, 5.41) is 2.80. The quantitative estimate of drug-likeness (QED) is 0.641. The Labute approximate surface area is 164 Å². The number of amides is 1. The highest BCUT2D eigenvalue weighted by molar-refractivity contribution is 5.85. The number of carbonyl (C=O) groups is 2. The lowest BCUT2D eigenvalue weighted by molar-refractivity contribution is -0.150. The van der Waals surface area contributed by atoms with Crippen molar-refractivity contribution < 1.29 is 14.3 Å². The van der Waals surface area contributed by atoms with Crippen molar-refractivity contribution in [1.29, 1.82) is 0 Å². The molecule has 1 amide bonds. The van der Waals surface area contributed by atoms with Crippen LogP contribution in [0.2, 0.25) is 0 Å². The molecular formula is C22H25N3O3. The summed E-state index contributed by atoms with van der Waals surface area (Å²) < 4.78 is 7.34. The van der Waals surface area contributed by atoms with Crippen LogP contribution in [0, 0.1) is 12.8 Å². The molecule has 2 heterocycles. The maximum atomic E-state index is 12.5. The zero-order chi connectivity index (χ0) is 20.1. The molecule has 0 bridgehead atoms. The van der Waals surface area contributed by atoms with Crippen LogP contribution in [-0.2, 0) is 27.4 Å². The van der Waals surface area contributed by atoms with Crippen LogP contribution in [0.1, 0.15) is 30.7 Å². The molecule has 1 aromatic carbocycles. The number of aryl methyl sites for hydroxylation is 1. The van der Waals surface area contributed by atoms with Crippen LogP contribution in [0.3, 0.4) is 0 Å². The van der Waals surface area contributed by atoms with E-state index in [1.165, 1.54) is 0 Å². The first-order valence-corrected chi connectivity index (χ1v) is 9.36. The third-order valence-corrected chi connectivity index (χ3v) is 4.46. The van der Waals surface area contributed by atoms with Gasteiger partial charge in [-0.15, -0.1) is 0 Å². The monoisotopic (exact) mass is 379 g/mol. The van der Waals surface area contributed by atoms with Crippen LogP contribution in [0.25, 0.3) is 5.65 Å². The van der Waals surface area contributed by atoms with E-state index in [9.17, 15) is 9.59 Å². The summed E-state index contributed by atoms with van der Waals surface area (Å²) in [5.41, 5.74) is 3.48. The van der Waals surface area contributed by atoms with Crippen LogP contribution < -0.4 is 5.32 Å². The van der Waals surface area contributed by atoms with E-state index in [1.807, 2.05) is 80.0 Å². The third-order valence-electron chi connectivity index (χ3n) is 4.46. The van der Waals surface area contributed by atoms with Crippen LogP contribution in [-0.4, -0.2) is 27.3 Å². The number of nitrogens with one attached hydrogen (secondary N) is 1. The Kier molecular flexibility index (Phi) is 6.09. The molecule has 1 atom stereocenters. The number of nitrogens with zero attached hydrogens (tertiary/aromatic N) is 2. The van der Waals surface area contributed by atoms with Gasteiger partial charge in [-0.2, -0.15) is 0 Å². The van der Waals surface area contributed by atoms with Crippen molar-refractivity contribution in [1.82, 2.24) is 14.7 Å². The Morgan fingerprint density at radius 1 is 1.11 bits per heavy atom. The molecule has 0 fully saturated rings. The SMILES string of the molecule is Cc1ccc2nc(COC(=O)[C@H](NC(=O)Cc3ccccc3)C(C)C)cn2c1. The van der Waals surface area contributed by atoms with Crippen molar-refractivity contribution >= 4 is 17.5 Å². The second kappa shape index (κ2) is 8.69. The molecule has 0 unspecified atom stereocenters. The number of carbonyl (C=O) groups excluding carboxylic acids is 2. The zero-order valence-electron chi connectivity index (χ0n) is 16.4. The van der Waals surface area contributed by atoms with Gasteiger partial charge in [0.1, 0.15) is 18.3 Å². The Morgan fingerprint density at radius 2 is 1.86 bits per heavy atom. The normalized spacial score (nSPS) is 12.1. The average Bonchev–Trinajstić information content (AvgIpc) is 3.06. The summed E-state index contributed by atoms with van der Waals surface area (Å²) in [6.07, 6.45) is 4.03. The molecule has 6 heteroatoms. The fraction of sp³-hybridized carbons (Fsp3) is 0.318. The van der Waals surface area contributed by atoms with Gasteiger partial charge in [-0.1, -0.05) is 50.2 Å². The van der Waals surface area contributed by atoms with E-state index in [0.717, 1.165) is 16.8 Å². The number of hydrogen-bond donors (Lipinski definition) is 1. The Hall–Kier alpha value is -3.15. The Morgan fingerprint density at radius 3 is 2.57 bits per heavy atom. The van der Waals surface area contributed by atoms with E-state index < -0.39 is 12.0 Å². The lowest BCUT2D eigenvalue weighted by Crippen LogP contribution is -2.45. The van der Waals surface area contributed by atoms with Crippen LogP contribution in [0.5, 0.6) is 0 Å². The van der Waals surface area contributed by atoms with E-state index in [4.69, 9.17) is 4.74 Å². The van der Waals surface area contributed by atoms with E-state index in [0.29, 0.717) is 5.69 Å². The fourth-order valence-corrected chi connectivity index (χ4v) is 2.96. The molecule has 1 N–H and O–H groups in total. The number of aromatic nitrogens is 2. The molecule has 0 radical (unpaired) electrons. The first kappa shape index (κ1) is 19.6. The minimum atomic E-state index is -0.699. The predicted molar refractivity (Wildman–Crippen MR) is 107 cm³/mol. The Bertz CT molecular complexity index is 964. The average molecular weight is 379 g/mol. The molecule has 146 valence electrons. The number of imidazole rings is 1. The van der Waals surface area contributed by atoms with Crippen molar-refractivity contribution in [3.05, 3.63) is 71.7 Å². The third kappa shape index (κ3) is 4.97. The number of benzene rings is 1. The van der Waals surface area contributed by atoms with Gasteiger partial charge in [0.2, 0.25) is 5.91 Å². The minimum absolute atomic E-state index is 0.0668. The van der Waals surface area contributed by atoms with Gasteiger partial charge in [-0.3, -0.25) is 4.79 Å². The summed E-state index contributed by atoms with van der Waals surface area (Å²) in [7, 11) is 0. The summed E-state index contributed by atoms with van der Waals surface area (Å²) in [4.78, 5) is 29.3. The highest BCUT2D eigenvalue weighted by atomic mass is 16.5. The van der Waals surface area contributed by atoms with E-state index in [-0.39, 0.29) is 24.9 Å². The second-order valence-electron chi connectivity index (χ2n) is 7.26. The Balaban J connectivity index is 1.59. The molecular weight excluding hydrogens is 354 g/mol. The smallest absolute Gasteiger partial charge is 0.329 e. The molecule has 0 aliphatic heterocycles. The predicted octanol–water partition coefficient (Wildman–Crippen LogP) is 3.07. The van der Waals surface area contributed by atoms with Crippen LogP contribution >= 0.6 is 0 Å². The minimum Gasteiger partial charge on any atom is -0.458 e. The molecule has 3 aromatic rings. The topological polar surface area (TPSA) is 72.7 Å². The summed E-state index contributed by atoms with van der Waals surface area (Å²) in [6.45, 7) is 5.83. The highest BCUT2D eigenvalue weighted by Gasteiger charge is 2.26. The van der Waals surface area contributed by atoms with E-state index in [2.05, 4.69) is 10.3 Å². The van der Waals surface area contributed by atoms with Crippen molar-refractivity contribution in [3.8, 4) is 0 Å². The summed E-state index contributed by atoms with van der Waals surface area (Å²) in [6, 6.07) is 12.6. The zero-order valence-corrected chi connectivity index (χ0v) is 16.4. The number of hydrogen-bond acceptors (Lipinski definition) is 4. The van der Waals surface area contributed by atoms with Gasteiger partial charge < -0.3 is 14.5 Å². The molecule has 28 heavy (non-hydrogen) atoms. The van der Waals surface area contributed by atoms with Crippen molar-refractivity contribution in [2.45, 2.75) is 39.8 Å². The molecule has 0 aliphatic rings. The van der Waals surface area contributed by atoms with Gasteiger partial charge in [-0.25, -0.2) is 9.78 Å². The molecule has 0 aliphatic carbocycles. The van der Waals surface area contributed by atoms with Gasteiger partial charge in [0.25, 0.3) is 0 Å². The van der Waals surface area contributed by atoms with Gasteiger partial charge in [-0.05, 0) is 30.0 Å². The van der Waals surface area contributed by atoms with Gasteiger partial charge in [0.15, 0.2) is 0 Å². The standard InChI is InChI=1S/C22H25N3O3/c1-15(2)21(24-20(26)11-17-7-5-4-6-8-17)22(27)28-14-18-13-25-12-16(3)9-10-19(25)23-18/h4-10,12-13,15,21H,11,14H2,1-3H3,(H,24,26)/t21-/m1/s1. The first-order valence-electron chi connectivity index (χ1n) is 9.36. The molecule has 2 aromatic heterocycles. The lowest BCUT2D eigenvalue weighted by atomic mass is 10.0. The van der Waals surface area contributed by atoms with Crippen molar-refractivity contribution in [2.75, 3.05) is 0 Å². The number of fused-ring (bicyclic) bond motifs is 1. The van der Waals surface area contributed by atoms with Crippen LogP contribution in [0.4, 0.5) is 0 Å². The molecule has 0 saturated carbocycles. The van der Waals surface area contributed by atoms with Crippen LogP contribution in [0.15, 0.2) is 54.9 Å². The molecule has 6 nitrogen and oxygen atoms in total. The van der Waals surface area contributed by atoms with Gasteiger partial charge in [0.05, 0.1) is 12.1 Å². The summed E-state index contributed by atoms with van der Waals surface area (Å²) in [5.74, 6) is -0.745. The largest absolute Gasteiger partial charge is 0.458 e. The molecule has 0 saturated heterocycles. The maximum absolute atomic E-state index is 12.5. The number of pyridine rings is 1.